The van der Waals surface area contributed by atoms with Crippen LogP contribution in [0.15, 0.2) is 42.5 Å². The first-order chi connectivity index (χ1) is 12.1. The molecule has 0 heterocycles. The van der Waals surface area contributed by atoms with Gasteiger partial charge >= 0.3 is 0 Å². The highest BCUT2D eigenvalue weighted by molar-refractivity contribution is 6.35. The number of carbonyl (C=O) groups is 1. The van der Waals surface area contributed by atoms with E-state index < -0.39 is 0 Å². The summed E-state index contributed by atoms with van der Waals surface area (Å²) in [6, 6.07) is 12.1. The summed E-state index contributed by atoms with van der Waals surface area (Å²) in [7, 11) is 0. The second-order valence-electron chi connectivity index (χ2n) is 5.90. The molecule has 134 valence electrons. The van der Waals surface area contributed by atoms with Crippen molar-refractivity contribution in [2.45, 2.75) is 39.0 Å². The number of amides is 1. The molecule has 0 atom stereocenters. The lowest BCUT2D eigenvalue weighted by Gasteiger charge is -2.09. The molecule has 1 N–H and O–H groups in total. The zero-order chi connectivity index (χ0) is 18.1. The van der Waals surface area contributed by atoms with E-state index in [9.17, 15) is 4.79 Å². The largest absolute Gasteiger partial charge is 0.494 e. The van der Waals surface area contributed by atoms with Gasteiger partial charge in [0.15, 0.2) is 0 Å². The number of benzene rings is 2. The van der Waals surface area contributed by atoms with Gasteiger partial charge in [0.25, 0.3) is 5.91 Å². The molecule has 2 aromatic carbocycles. The first-order valence-corrected chi connectivity index (χ1v) is 9.34. The van der Waals surface area contributed by atoms with Gasteiger partial charge in [-0.3, -0.25) is 4.79 Å². The van der Waals surface area contributed by atoms with E-state index in [1.165, 1.54) is 25.7 Å². The van der Waals surface area contributed by atoms with Crippen LogP contribution in [0.1, 0.15) is 49.4 Å². The van der Waals surface area contributed by atoms with Crippen LogP contribution in [0.3, 0.4) is 0 Å². The molecule has 0 aromatic heterocycles. The van der Waals surface area contributed by atoms with Crippen molar-refractivity contribution in [3.05, 3.63) is 58.1 Å². The third-order valence-corrected chi connectivity index (χ3v) is 4.19. The van der Waals surface area contributed by atoms with Crippen molar-refractivity contribution >= 4 is 34.8 Å². The lowest BCUT2D eigenvalue weighted by atomic mass is 10.2. The van der Waals surface area contributed by atoms with Gasteiger partial charge in [-0.2, -0.15) is 0 Å². The number of rotatable bonds is 9. The van der Waals surface area contributed by atoms with Crippen LogP contribution in [0.4, 0.5) is 5.69 Å². The Morgan fingerprint density at radius 2 is 1.60 bits per heavy atom. The molecule has 0 bridgehead atoms. The third-order valence-electron chi connectivity index (χ3n) is 3.75. The Balaban J connectivity index is 1.82. The van der Waals surface area contributed by atoms with Gasteiger partial charge in [-0.05, 0) is 48.9 Å². The second-order valence-corrected chi connectivity index (χ2v) is 6.77. The molecule has 0 radical (unpaired) electrons. The van der Waals surface area contributed by atoms with Crippen LogP contribution in [0, 0.1) is 0 Å². The molecule has 2 aromatic rings. The normalized spacial score (nSPS) is 10.5. The Bertz CT molecular complexity index is 666. The average Bonchev–Trinajstić information content (AvgIpc) is 2.58. The molecule has 0 aliphatic rings. The predicted octanol–water partition coefficient (Wildman–Crippen LogP) is 6.59. The fourth-order valence-electron chi connectivity index (χ4n) is 2.42. The fourth-order valence-corrected chi connectivity index (χ4v) is 2.94. The van der Waals surface area contributed by atoms with Crippen molar-refractivity contribution in [1.29, 1.82) is 0 Å². The highest BCUT2D eigenvalue weighted by atomic mass is 35.5. The topological polar surface area (TPSA) is 38.3 Å². The number of anilines is 1. The van der Waals surface area contributed by atoms with E-state index in [0.29, 0.717) is 21.3 Å². The smallest absolute Gasteiger partial charge is 0.255 e. The van der Waals surface area contributed by atoms with Gasteiger partial charge in [-0.1, -0.05) is 55.8 Å². The van der Waals surface area contributed by atoms with E-state index in [1.54, 1.807) is 18.2 Å². The van der Waals surface area contributed by atoms with Crippen LogP contribution >= 0.6 is 23.2 Å². The van der Waals surface area contributed by atoms with E-state index in [0.717, 1.165) is 18.8 Å². The van der Waals surface area contributed by atoms with Gasteiger partial charge in [-0.15, -0.1) is 0 Å². The maximum atomic E-state index is 12.2. The molecule has 5 heteroatoms. The molecule has 0 aliphatic heterocycles. The minimum atomic E-state index is -0.256. The number of hydrogen-bond donors (Lipinski definition) is 1. The summed E-state index contributed by atoms with van der Waals surface area (Å²) in [6.45, 7) is 2.92. The summed E-state index contributed by atoms with van der Waals surface area (Å²) in [5, 5.41) is 3.68. The number of carbonyl (C=O) groups excluding carboxylic acids is 1. The van der Waals surface area contributed by atoms with E-state index in [4.69, 9.17) is 27.9 Å². The fraction of sp³-hybridized carbons (Fsp3) is 0.350. The monoisotopic (exact) mass is 379 g/mol. The number of unbranched alkanes of at least 4 members (excludes halogenated alkanes) is 4. The summed E-state index contributed by atoms with van der Waals surface area (Å²) < 4.78 is 5.71. The Morgan fingerprint density at radius 1 is 0.960 bits per heavy atom. The van der Waals surface area contributed by atoms with Crippen LogP contribution in [-0.4, -0.2) is 12.5 Å². The molecule has 1 amide bonds. The molecule has 2 rings (SSSR count). The van der Waals surface area contributed by atoms with Crippen molar-refractivity contribution in [2.75, 3.05) is 11.9 Å². The molecule has 0 saturated heterocycles. The molecule has 0 fully saturated rings. The Labute approximate surface area is 159 Å². The maximum Gasteiger partial charge on any atom is 0.255 e. The van der Waals surface area contributed by atoms with Crippen molar-refractivity contribution in [3.8, 4) is 5.75 Å². The average molecular weight is 380 g/mol. The van der Waals surface area contributed by atoms with Crippen LogP contribution < -0.4 is 10.1 Å². The summed E-state index contributed by atoms with van der Waals surface area (Å²) in [5.74, 6) is 0.549. The molecule has 0 spiro atoms. The zero-order valence-corrected chi connectivity index (χ0v) is 15.9. The summed E-state index contributed by atoms with van der Waals surface area (Å²) in [6.07, 6.45) is 6.05. The van der Waals surface area contributed by atoms with Crippen molar-refractivity contribution in [1.82, 2.24) is 0 Å². The Hall–Kier alpha value is -1.71. The first kappa shape index (κ1) is 19.6. The Kier molecular flexibility index (Phi) is 8.10. The first-order valence-electron chi connectivity index (χ1n) is 8.59. The third kappa shape index (κ3) is 6.97. The van der Waals surface area contributed by atoms with Gasteiger partial charge in [0, 0.05) is 21.3 Å². The molecular formula is C20H23Cl2NO2. The van der Waals surface area contributed by atoms with Crippen LogP contribution in [0.25, 0.3) is 0 Å². The van der Waals surface area contributed by atoms with E-state index >= 15 is 0 Å². The number of ether oxygens (including phenoxy) is 1. The lowest BCUT2D eigenvalue weighted by Crippen LogP contribution is -2.11. The van der Waals surface area contributed by atoms with Crippen LogP contribution in [0.5, 0.6) is 5.75 Å². The maximum absolute atomic E-state index is 12.2. The molecule has 3 nitrogen and oxygen atoms in total. The molecule has 25 heavy (non-hydrogen) atoms. The summed E-state index contributed by atoms with van der Waals surface area (Å²) >= 11 is 11.9. The summed E-state index contributed by atoms with van der Waals surface area (Å²) in [4.78, 5) is 12.2. The van der Waals surface area contributed by atoms with Gasteiger partial charge in [-0.25, -0.2) is 0 Å². The minimum Gasteiger partial charge on any atom is -0.494 e. The zero-order valence-electron chi connectivity index (χ0n) is 14.4. The standard InChI is InChI=1S/C20H23Cl2NO2/c1-2-3-4-5-6-11-25-19-9-7-18(8-10-19)23-20(24)15-12-16(21)14-17(22)13-15/h7-10,12-14H,2-6,11H2,1H3,(H,23,24). The SMILES string of the molecule is CCCCCCCOc1ccc(NC(=O)c2cc(Cl)cc(Cl)c2)cc1. The minimum absolute atomic E-state index is 0.256. The van der Waals surface area contributed by atoms with Gasteiger partial charge < -0.3 is 10.1 Å². The van der Waals surface area contributed by atoms with Gasteiger partial charge in [0.2, 0.25) is 0 Å². The van der Waals surface area contributed by atoms with Crippen molar-refractivity contribution < 1.29 is 9.53 Å². The quantitative estimate of drug-likeness (QED) is 0.498. The molecule has 0 unspecified atom stereocenters. The highest BCUT2D eigenvalue weighted by Crippen LogP contribution is 2.21. The van der Waals surface area contributed by atoms with E-state index in [-0.39, 0.29) is 5.91 Å². The van der Waals surface area contributed by atoms with Crippen LogP contribution in [-0.2, 0) is 0 Å². The second kappa shape index (κ2) is 10.3. The number of halogens is 2. The van der Waals surface area contributed by atoms with Crippen molar-refractivity contribution in [2.24, 2.45) is 0 Å². The van der Waals surface area contributed by atoms with Gasteiger partial charge in [0.05, 0.1) is 6.61 Å². The lowest BCUT2D eigenvalue weighted by molar-refractivity contribution is 0.102. The highest BCUT2D eigenvalue weighted by Gasteiger charge is 2.08. The van der Waals surface area contributed by atoms with Gasteiger partial charge in [0.1, 0.15) is 5.75 Å². The predicted molar refractivity (Wildman–Crippen MR) is 105 cm³/mol. The number of nitrogens with one attached hydrogen (secondary N) is 1. The Morgan fingerprint density at radius 3 is 2.24 bits per heavy atom. The molecule has 0 saturated carbocycles. The number of hydrogen-bond acceptors (Lipinski definition) is 2. The molecule has 0 aliphatic carbocycles. The van der Waals surface area contributed by atoms with Crippen molar-refractivity contribution in [3.63, 3.8) is 0 Å². The van der Waals surface area contributed by atoms with E-state index in [1.807, 2.05) is 24.3 Å². The molecular weight excluding hydrogens is 357 g/mol. The van der Waals surface area contributed by atoms with E-state index in [2.05, 4.69) is 12.2 Å². The summed E-state index contributed by atoms with van der Waals surface area (Å²) in [5.41, 5.74) is 1.11. The van der Waals surface area contributed by atoms with Crippen LogP contribution in [0.2, 0.25) is 10.0 Å².